The molecule has 104 valence electrons. The molecule has 2 rings (SSSR count). The Morgan fingerprint density at radius 2 is 1.95 bits per heavy atom. The van der Waals surface area contributed by atoms with Crippen molar-refractivity contribution >= 4 is 17.7 Å². The molecular weight excluding hydrogens is 260 g/mol. The van der Waals surface area contributed by atoms with E-state index < -0.39 is 12.0 Å². The first-order valence-corrected chi connectivity index (χ1v) is 5.99. The number of anilines is 1. The van der Waals surface area contributed by atoms with Crippen molar-refractivity contribution < 1.29 is 19.1 Å². The van der Waals surface area contributed by atoms with Gasteiger partial charge in [-0.05, 0) is 31.2 Å². The zero-order chi connectivity index (χ0) is 14.5. The van der Waals surface area contributed by atoms with Crippen LogP contribution in [-0.2, 0) is 6.54 Å². The van der Waals surface area contributed by atoms with Gasteiger partial charge in [-0.2, -0.15) is 0 Å². The number of furan rings is 1. The molecule has 3 N–H and O–H groups in total. The number of amides is 2. The Bertz CT molecular complexity index is 634. The topological polar surface area (TPSA) is 91.6 Å². The Morgan fingerprint density at radius 1 is 1.20 bits per heavy atom. The maximum Gasteiger partial charge on any atom is 0.337 e. The molecule has 1 aromatic heterocycles. The van der Waals surface area contributed by atoms with Crippen LogP contribution in [0.1, 0.15) is 21.9 Å². The highest BCUT2D eigenvalue weighted by Crippen LogP contribution is 2.14. The molecule has 0 atom stereocenters. The van der Waals surface area contributed by atoms with Crippen molar-refractivity contribution in [1.82, 2.24) is 5.32 Å². The van der Waals surface area contributed by atoms with E-state index in [1.54, 1.807) is 24.3 Å². The van der Waals surface area contributed by atoms with Crippen LogP contribution in [0.25, 0.3) is 0 Å². The Labute approximate surface area is 115 Å². The second-order valence-corrected chi connectivity index (χ2v) is 4.17. The van der Waals surface area contributed by atoms with E-state index in [-0.39, 0.29) is 17.8 Å². The summed E-state index contributed by atoms with van der Waals surface area (Å²) in [5.74, 6) is 0.296. The zero-order valence-corrected chi connectivity index (χ0v) is 10.8. The number of carboxylic acid groups (broad SMARTS) is 1. The van der Waals surface area contributed by atoms with E-state index in [9.17, 15) is 9.59 Å². The Hall–Kier alpha value is -2.76. The third kappa shape index (κ3) is 3.38. The molecule has 1 aromatic carbocycles. The first-order valence-electron chi connectivity index (χ1n) is 5.99. The van der Waals surface area contributed by atoms with Gasteiger partial charge in [0.15, 0.2) is 0 Å². The highest BCUT2D eigenvalue weighted by molar-refractivity contribution is 5.99. The summed E-state index contributed by atoms with van der Waals surface area (Å²) < 4.78 is 5.31. The summed E-state index contributed by atoms with van der Waals surface area (Å²) in [7, 11) is 0. The van der Waals surface area contributed by atoms with Crippen LogP contribution >= 0.6 is 0 Å². The number of hydrogen-bond acceptors (Lipinski definition) is 3. The minimum atomic E-state index is -1.09. The Morgan fingerprint density at radius 3 is 2.60 bits per heavy atom. The second-order valence-electron chi connectivity index (χ2n) is 4.17. The van der Waals surface area contributed by atoms with Gasteiger partial charge in [0.25, 0.3) is 0 Å². The van der Waals surface area contributed by atoms with Crippen molar-refractivity contribution in [2.24, 2.45) is 0 Å². The SMILES string of the molecule is Cc1ccc(CNC(=O)Nc2ccccc2C(=O)O)o1. The molecular formula is C14H14N2O4. The van der Waals surface area contributed by atoms with Crippen LogP contribution in [0.3, 0.4) is 0 Å². The molecule has 20 heavy (non-hydrogen) atoms. The smallest absolute Gasteiger partial charge is 0.337 e. The average Bonchev–Trinajstić information content (AvgIpc) is 2.83. The molecule has 2 amide bonds. The number of aryl methyl sites for hydroxylation is 1. The molecule has 0 aliphatic carbocycles. The number of hydrogen-bond donors (Lipinski definition) is 3. The van der Waals surface area contributed by atoms with Crippen LogP contribution in [0.5, 0.6) is 0 Å². The molecule has 6 nitrogen and oxygen atoms in total. The molecule has 0 aliphatic rings. The molecule has 0 bridgehead atoms. The van der Waals surface area contributed by atoms with Crippen LogP contribution in [0, 0.1) is 6.92 Å². The number of carboxylic acids is 1. The van der Waals surface area contributed by atoms with Gasteiger partial charge in [0.05, 0.1) is 17.8 Å². The molecule has 0 aliphatic heterocycles. The lowest BCUT2D eigenvalue weighted by molar-refractivity contribution is 0.0698. The van der Waals surface area contributed by atoms with Crippen LogP contribution in [-0.4, -0.2) is 17.1 Å². The largest absolute Gasteiger partial charge is 0.478 e. The monoisotopic (exact) mass is 274 g/mol. The molecule has 0 fully saturated rings. The fourth-order valence-electron chi connectivity index (χ4n) is 1.69. The Kier molecular flexibility index (Phi) is 4.05. The lowest BCUT2D eigenvalue weighted by Crippen LogP contribution is -2.28. The third-order valence-corrected chi connectivity index (χ3v) is 2.62. The zero-order valence-electron chi connectivity index (χ0n) is 10.8. The predicted octanol–water partition coefficient (Wildman–Crippen LogP) is 2.61. The van der Waals surface area contributed by atoms with Gasteiger partial charge >= 0.3 is 12.0 Å². The summed E-state index contributed by atoms with van der Waals surface area (Å²) in [5.41, 5.74) is 0.282. The highest BCUT2D eigenvalue weighted by Gasteiger charge is 2.11. The van der Waals surface area contributed by atoms with Gasteiger partial charge in [-0.3, -0.25) is 0 Å². The quantitative estimate of drug-likeness (QED) is 0.799. The van der Waals surface area contributed by atoms with E-state index in [4.69, 9.17) is 9.52 Å². The van der Waals surface area contributed by atoms with Gasteiger partial charge in [-0.25, -0.2) is 9.59 Å². The summed E-state index contributed by atoms with van der Waals surface area (Å²) >= 11 is 0. The molecule has 0 saturated carbocycles. The predicted molar refractivity (Wildman–Crippen MR) is 72.7 cm³/mol. The van der Waals surface area contributed by atoms with Crippen molar-refractivity contribution in [1.29, 1.82) is 0 Å². The minimum Gasteiger partial charge on any atom is -0.478 e. The summed E-state index contributed by atoms with van der Waals surface area (Å²) in [6, 6.07) is 9.27. The van der Waals surface area contributed by atoms with Crippen LogP contribution < -0.4 is 10.6 Å². The van der Waals surface area contributed by atoms with E-state index in [1.807, 2.05) is 6.92 Å². The number of nitrogens with one attached hydrogen (secondary N) is 2. The van der Waals surface area contributed by atoms with E-state index in [0.717, 1.165) is 5.76 Å². The summed E-state index contributed by atoms with van der Waals surface area (Å²) in [4.78, 5) is 22.7. The second kappa shape index (κ2) is 5.92. The fraction of sp³-hybridized carbons (Fsp3) is 0.143. The lowest BCUT2D eigenvalue weighted by atomic mass is 10.2. The third-order valence-electron chi connectivity index (χ3n) is 2.62. The molecule has 0 spiro atoms. The number of carbonyl (C=O) groups is 2. The molecule has 0 saturated heterocycles. The van der Waals surface area contributed by atoms with Crippen molar-refractivity contribution in [2.45, 2.75) is 13.5 Å². The van der Waals surface area contributed by atoms with Gasteiger partial charge in [0, 0.05) is 0 Å². The average molecular weight is 274 g/mol. The van der Waals surface area contributed by atoms with Gasteiger partial charge in [-0.15, -0.1) is 0 Å². The normalized spacial score (nSPS) is 10.1. The molecule has 0 unspecified atom stereocenters. The number of rotatable bonds is 4. The van der Waals surface area contributed by atoms with E-state index in [2.05, 4.69) is 10.6 Å². The van der Waals surface area contributed by atoms with Crippen LogP contribution in [0.15, 0.2) is 40.8 Å². The number of para-hydroxylation sites is 1. The molecule has 1 heterocycles. The van der Waals surface area contributed by atoms with E-state index in [1.165, 1.54) is 12.1 Å². The first kappa shape index (κ1) is 13.7. The van der Waals surface area contributed by atoms with Gasteiger partial charge in [0.2, 0.25) is 0 Å². The van der Waals surface area contributed by atoms with Gasteiger partial charge in [-0.1, -0.05) is 12.1 Å². The minimum absolute atomic E-state index is 0.0384. The van der Waals surface area contributed by atoms with Crippen molar-refractivity contribution in [3.8, 4) is 0 Å². The summed E-state index contributed by atoms with van der Waals surface area (Å²) in [5, 5.41) is 14.1. The van der Waals surface area contributed by atoms with E-state index >= 15 is 0 Å². The number of urea groups is 1. The first-order chi connectivity index (χ1) is 9.56. The maximum atomic E-state index is 11.7. The van der Waals surface area contributed by atoms with E-state index in [0.29, 0.717) is 5.76 Å². The molecule has 6 heteroatoms. The number of benzene rings is 1. The standard InChI is InChI=1S/C14H14N2O4/c1-9-6-7-10(20-9)8-15-14(19)16-12-5-3-2-4-11(12)13(17)18/h2-7H,8H2,1H3,(H,17,18)(H2,15,16,19). The van der Waals surface area contributed by atoms with Crippen molar-refractivity contribution in [3.05, 3.63) is 53.5 Å². The molecule has 0 radical (unpaired) electrons. The summed E-state index contributed by atoms with van der Waals surface area (Å²) in [6.45, 7) is 2.04. The number of carbonyl (C=O) groups excluding carboxylic acids is 1. The maximum absolute atomic E-state index is 11.7. The molecule has 2 aromatic rings. The fourth-order valence-corrected chi connectivity index (χ4v) is 1.69. The summed E-state index contributed by atoms with van der Waals surface area (Å²) in [6.07, 6.45) is 0. The van der Waals surface area contributed by atoms with Crippen molar-refractivity contribution in [3.63, 3.8) is 0 Å². The van der Waals surface area contributed by atoms with Crippen LogP contribution in [0.4, 0.5) is 10.5 Å². The lowest BCUT2D eigenvalue weighted by Gasteiger charge is -2.08. The number of aromatic carboxylic acids is 1. The van der Waals surface area contributed by atoms with Gasteiger partial charge < -0.3 is 20.2 Å². The van der Waals surface area contributed by atoms with Crippen LogP contribution in [0.2, 0.25) is 0 Å². The van der Waals surface area contributed by atoms with Crippen molar-refractivity contribution in [2.75, 3.05) is 5.32 Å². The Balaban J connectivity index is 1.96. The van der Waals surface area contributed by atoms with Gasteiger partial charge in [0.1, 0.15) is 11.5 Å². The highest BCUT2D eigenvalue weighted by atomic mass is 16.4.